The van der Waals surface area contributed by atoms with Crippen molar-refractivity contribution in [1.82, 2.24) is 5.01 Å². The zero-order valence-electron chi connectivity index (χ0n) is 9.00. The van der Waals surface area contributed by atoms with Crippen molar-refractivity contribution in [3.8, 4) is 5.75 Å². The molecule has 0 saturated heterocycles. The molecular weight excluding hydrogens is 224 g/mol. The van der Waals surface area contributed by atoms with Crippen LogP contribution < -0.4 is 16.3 Å². The van der Waals surface area contributed by atoms with E-state index in [9.17, 15) is 10.1 Å². The van der Waals surface area contributed by atoms with Gasteiger partial charge in [-0.1, -0.05) is 6.07 Å². The van der Waals surface area contributed by atoms with E-state index in [1.807, 2.05) is 0 Å². The second-order valence-corrected chi connectivity index (χ2v) is 3.50. The Labute approximate surface area is 97.4 Å². The first-order valence-corrected chi connectivity index (χ1v) is 5.00. The van der Waals surface area contributed by atoms with Crippen LogP contribution >= 0.6 is 0 Å². The van der Waals surface area contributed by atoms with Crippen LogP contribution in [0.5, 0.6) is 5.75 Å². The first-order chi connectivity index (χ1) is 8.15. The predicted molar refractivity (Wildman–Crippen MR) is 61.6 cm³/mol. The zero-order chi connectivity index (χ0) is 12.4. The van der Waals surface area contributed by atoms with Gasteiger partial charge >= 0.3 is 5.69 Å². The third-order valence-corrected chi connectivity index (χ3v) is 2.51. The third kappa shape index (κ3) is 1.87. The van der Waals surface area contributed by atoms with Gasteiger partial charge in [-0.25, -0.2) is 5.84 Å². The van der Waals surface area contributed by atoms with E-state index in [0.29, 0.717) is 17.8 Å². The van der Waals surface area contributed by atoms with Crippen LogP contribution in [0.4, 0.5) is 5.69 Å². The summed E-state index contributed by atoms with van der Waals surface area (Å²) in [5.41, 5.74) is 6.45. The number of hydrogen-bond acceptors (Lipinski definition) is 6. The average Bonchev–Trinajstić information content (AvgIpc) is 2.46. The van der Waals surface area contributed by atoms with Gasteiger partial charge in [0.2, 0.25) is 5.75 Å². The highest BCUT2D eigenvalue weighted by Crippen LogP contribution is 2.36. The molecule has 7 nitrogen and oxygen atoms in total. The molecule has 1 aliphatic rings. The van der Waals surface area contributed by atoms with E-state index in [1.54, 1.807) is 12.1 Å². The molecule has 1 aromatic carbocycles. The molecule has 17 heavy (non-hydrogen) atoms. The number of fused-ring (bicyclic) bond motifs is 1. The Morgan fingerprint density at radius 2 is 2.29 bits per heavy atom. The molecule has 0 amide bonds. The lowest BCUT2D eigenvalue weighted by atomic mass is 10.1. The second kappa shape index (κ2) is 4.30. The van der Waals surface area contributed by atoms with Crippen LogP contribution in [0.2, 0.25) is 0 Å². The summed E-state index contributed by atoms with van der Waals surface area (Å²) in [5.74, 6) is 5.98. The Bertz CT molecular complexity index is 486. The maximum atomic E-state index is 10.9. The molecule has 0 unspecified atom stereocenters. The van der Waals surface area contributed by atoms with Crippen LogP contribution in [-0.4, -0.2) is 23.1 Å². The first-order valence-electron chi connectivity index (χ1n) is 5.00. The minimum Gasteiger partial charge on any atom is -0.484 e. The van der Waals surface area contributed by atoms with Crippen LogP contribution in [0.1, 0.15) is 5.56 Å². The fourth-order valence-corrected chi connectivity index (χ4v) is 1.73. The number of rotatable bonds is 1. The second-order valence-electron chi connectivity index (χ2n) is 3.50. The van der Waals surface area contributed by atoms with Gasteiger partial charge in [-0.3, -0.25) is 10.1 Å². The normalized spacial score (nSPS) is 17.2. The third-order valence-electron chi connectivity index (χ3n) is 2.51. The average molecular weight is 236 g/mol. The van der Waals surface area contributed by atoms with Gasteiger partial charge in [0.15, 0.2) is 0 Å². The molecule has 0 atom stereocenters. The highest BCUT2D eigenvalue weighted by Gasteiger charge is 2.25. The predicted octanol–water partition coefficient (Wildman–Crippen LogP) is 0.420. The Morgan fingerprint density at radius 1 is 1.53 bits per heavy atom. The van der Waals surface area contributed by atoms with Crippen LogP contribution in [-0.2, 0) is 0 Å². The number of benzene rings is 1. The molecule has 0 saturated carbocycles. The monoisotopic (exact) mass is 236 g/mol. The number of nitrogens with two attached hydrogens (primary N) is 2. The summed E-state index contributed by atoms with van der Waals surface area (Å²) in [6.07, 6.45) is 1.32. The van der Waals surface area contributed by atoms with Gasteiger partial charge in [0.25, 0.3) is 0 Å². The lowest BCUT2D eigenvalue weighted by Gasteiger charge is -2.17. The van der Waals surface area contributed by atoms with Crippen molar-refractivity contribution in [1.29, 1.82) is 0 Å². The molecule has 7 heteroatoms. The topological polar surface area (TPSA) is 108 Å². The first kappa shape index (κ1) is 11.2. The maximum absolute atomic E-state index is 10.9. The summed E-state index contributed by atoms with van der Waals surface area (Å²) < 4.78 is 5.38. The van der Waals surface area contributed by atoms with Gasteiger partial charge in [-0.15, -0.1) is 0 Å². The van der Waals surface area contributed by atoms with Gasteiger partial charge in [-0.2, -0.15) is 0 Å². The van der Waals surface area contributed by atoms with E-state index in [-0.39, 0.29) is 18.0 Å². The molecule has 4 N–H and O–H groups in total. The number of nitro groups is 1. The summed E-state index contributed by atoms with van der Waals surface area (Å²) in [6, 6.07) is 4.65. The standard InChI is InChI=1S/C10H12N4O3/c11-6-9-7-2-1-3-8(14(15)16)10(7)17-5-4-13(9)12/h1-3,6H,4-5,11-12H2/b9-6-. The van der Waals surface area contributed by atoms with E-state index in [2.05, 4.69) is 0 Å². The van der Waals surface area contributed by atoms with Crippen LogP contribution in [0, 0.1) is 10.1 Å². The van der Waals surface area contributed by atoms with Crippen molar-refractivity contribution >= 4 is 11.4 Å². The van der Waals surface area contributed by atoms with E-state index in [4.69, 9.17) is 16.3 Å². The highest BCUT2D eigenvalue weighted by atomic mass is 16.6. The van der Waals surface area contributed by atoms with Crippen molar-refractivity contribution in [2.75, 3.05) is 13.2 Å². The quantitative estimate of drug-likeness (QED) is 0.415. The van der Waals surface area contributed by atoms with Gasteiger partial charge in [-0.05, 0) is 6.07 Å². The van der Waals surface area contributed by atoms with E-state index < -0.39 is 4.92 Å². The van der Waals surface area contributed by atoms with E-state index in [0.717, 1.165) is 0 Å². The molecule has 2 rings (SSSR count). The summed E-state index contributed by atoms with van der Waals surface area (Å²) in [7, 11) is 0. The largest absolute Gasteiger partial charge is 0.484 e. The van der Waals surface area contributed by atoms with Crippen LogP contribution in [0.25, 0.3) is 5.70 Å². The van der Waals surface area contributed by atoms with Crippen molar-refractivity contribution in [3.63, 3.8) is 0 Å². The van der Waals surface area contributed by atoms with E-state index in [1.165, 1.54) is 17.3 Å². The Hall–Kier alpha value is -2.28. The van der Waals surface area contributed by atoms with Gasteiger partial charge in [0.05, 0.1) is 17.2 Å². The summed E-state index contributed by atoms with van der Waals surface area (Å²) in [5, 5.41) is 12.3. The fourth-order valence-electron chi connectivity index (χ4n) is 1.73. The zero-order valence-corrected chi connectivity index (χ0v) is 9.00. The van der Waals surface area contributed by atoms with E-state index >= 15 is 0 Å². The molecule has 0 radical (unpaired) electrons. The molecule has 1 aromatic rings. The number of nitrogens with zero attached hydrogens (tertiary/aromatic N) is 2. The molecule has 0 bridgehead atoms. The van der Waals surface area contributed by atoms with Crippen molar-refractivity contribution < 1.29 is 9.66 Å². The van der Waals surface area contributed by atoms with Crippen molar-refractivity contribution in [2.45, 2.75) is 0 Å². The molecule has 1 aliphatic heterocycles. The summed E-state index contributed by atoms with van der Waals surface area (Å²) >= 11 is 0. The van der Waals surface area contributed by atoms with Crippen molar-refractivity contribution in [2.24, 2.45) is 11.6 Å². The molecule has 90 valence electrons. The maximum Gasteiger partial charge on any atom is 0.311 e. The lowest BCUT2D eigenvalue weighted by molar-refractivity contribution is -0.385. The van der Waals surface area contributed by atoms with Crippen molar-refractivity contribution in [3.05, 3.63) is 40.1 Å². The Kier molecular flexibility index (Phi) is 2.84. The number of hydrogen-bond donors (Lipinski definition) is 2. The van der Waals surface area contributed by atoms with Gasteiger partial charge in [0, 0.05) is 17.8 Å². The molecule has 0 aromatic heterocycles. The summed E-state index contributed by atoms with van der Waals surface area (Å²) in [6.45, 7) is 0.681. The number of para-hydroxylation sites is 1. The number of ether oxygens (including phenoxy) is 1. The van der Waals surface area contributed by atoms with Gasteiger partial charge < -0.3 is 15.5 Å². The minimum atomic E-state index is -0.487. The minimum absolute atomic E-state index is 0.0860. The molecule has 0 spiro atoms. The molecular formula is C10H12N4O3. The molecule has 0 aliphatic carbocycles. The highest BCUT2D eigenvalue weighted by molar-refractivity contribution is 5.73. The Balaban J connectivity index is 2.62. The number of hydrazine groups is 1. The van der Waals surface area contributed by atoms with Crippen LogP contribution in [0.15, 0.2) is 24.4 Å². The van der Waals surface area contributed by atoms with Gasteiger partial charge in [0.1, 0.15) is 6.61 Å². The van der Waals surface area contributed by atoms with Crippen LogP contribution in [0.3, 0.4) is 0 Å². The molecule has 1 heterocycles. The SMILES string of the molecule is N/C=C1/c2cccc([N+](=O)[O-])c2OCCN1N. The lowest BCUT2D eigenvalue weighted by Crippen LogP contribution is -2.31. The molecule has 0 fully saturated rings. The summed E-state index contributed by atoms with van der Waals surface area (Å²) in [4.78, 5) is 10.4. The smallest absolute Gasteiger partial charge is 0.311 e. The Morgan fingerprint density at radius 3 is 2.94 bits per heavy atom. The fraction of sp³-hybridized carbons (Fsp3) is 0.200. The number of nitro benzene ring substituents is 1.